The van der Waals surface area contributed by atoms with Gasteiger partial charge in [0.15, 0.2) is 0 Å². The van der Waals surface area contributed by atoms with Gasteiger partial charge in [-0.15, -0.1) is 0 Å². The second kappa shape index (κ2) is 6.10. The van der Waals surface area contributed by atoms with Gasteiger partial charge in [0.2, 0.25) is 6.17 Å². The van der Waals surface area contributed by atoms with Crippen molar-refractivity contribution in [2.24, 2.45) is 0 Å². The Labute approximate surface area is 94.2 Å². The van der Waals surface area contributed by atoms with Gasteiger partial charge in [-0.3, -0.25) is 0 Å². The van der Waals surface area contributed by atoms with Crippen LogP contribution in [0.25, 0.3) is 0 Å². The third-order valence-corrected chi connectivity index (χ3v) is 2.12. The molecule has 88 valence electrons. The molecule has 1 aromatic rings. The van der Waals surface area contributed by atoms with Gasteiger partial charge in [-0.25, -0.2) is 9.18 Å². The van der Waals surface area contributed by atoms with Gasteiger partial charge in [-0.05, 0) is 24.6 Å². The number of ether oxygens (including phenoxy) is 2. The summed E-state index contributed by atoms with van der Waals surface area (Å²) in [6.07, 6.45) is -1.57. The Morgan fingerprint density at radius 1 is 1.38 bits per heavy atom. The van der Waals surface area contributed by atoms with Crippen LogP contribution in [0.1, 0.15) is 12.5 Å². The Morgan fingerprint density at radius 3 is 2.50 bits per heavy atom. The van der Waals surface area contributed by atoms with Crippen LogP contribution in [0, 0.1) is 0 Å². The van der Waals surface area contributed by atoms with Gasteiger partial charge in [0.05, 0.1) is 13.7 Å². The number of rotatable bonds is 5. The highest BCUT2D eigenvalue weighted by Gasteiger charge is 2.18. The summed E-state index contributed by atoms with van der Waals surface area (Å²) in [7, 11) is 1.56. The van der Waals surface area contributed by atoms with Gasteiger partial charge in [0.25, 0.3) is 0 Å². The number of hydrogen-bond acceptors (Lipinski definition) is 3. The first-order valence-electron chi connectivity index (χ1n) is 5.11. The Bertz CT molecular complexity index is 335. The number of carbonyl (C=O) groups is 1. The minimum Gasteiger partial charge on any atom is -0.497 e. The Hall–Kier alpha value is -1.58. The average molecular weight is 226 g/mol. The normalized spacial score (nSPS) is 11.9. The molecule has 0 aliphatic heterocycles. The third kappa shape index (κ3) is 3.53. The molecule has 0 amide bonds. The lowest BCUT2D eigenvalue weighted by Gasteiger charge is -2.08. The number of hydrogen-bond donors (Lipinski definition) is 0. The second-order valence-electron chi connectivity index (χ2n) is 3.27. The predicted molar refractivity (Wildman–Crippen MR) is 58.2 cm³/mol. The van der Waals surface area contributed by atoms with E-state index in [1.165, 1.54) is 0 Å². The molecule has 0 saturated heterocycles. The summed E-state index contributed by atoms with van der Waals surface area (Å²) in [6, 6.07) is 6.91. The number of alkyl halides is 1. The van der Waals surface area contributed by atoms with Gasteiger partial charge < -0.3 is 9.47 Å². The fourth-order valence-electron chi connectivity index (χ4n) is 1.28. The first-order chi connectivity index (χ1) is 7.67. The lowest BCUT2D eigenvalue weighted by Crippen LogP contribution is -2.21. The molecule has 16 heavy (non-hydrogen) atoms. The lowest BCUT2D eigenvalue weighted by atomic mass is 10.1. The number of methoxy groups -OCH3 is 1. The van der Waals surface area contributed by atoms with E-state index in [1.807, 2.05) is 0 Å². The number of esters is 1. The molecule has 0 aliphatic carbocycles. The summed E-state index contributed by atoms with van der Waals surface area (Å²) < 4.78 is 22.9. The van der Waals surface area contributed by atoms with Crippen molar-refractivity contribution in [3.05, 3.63) is 29.8 Å². The molecule has 0 N–H and O–H groups in total. The zero-order valence-electron chi connectivity index (χ0n) is 9.40. The van der Waals surface area contributed by atoms with Gasteiger partial charge in [0.1, 0.15) is 5.75 Å². The second-order valence-corrected chi connectivity index (χ2v) is 3.27. The lowest BCUT2D eigenvalue weighted by molar-refractivity contribution is -0.149. The van der Waals surface area contributed by atoms with Crippen molar-refractivity contribution in [3.8, 4) is 5.75 Å². The predicted octanol–water partition coefficient (Wildman–Crippen LogP) is 2.14. The van der Waals surface area contributed by atoms with Crippen molar-refractivity contribution in [1.82, 2.24) is 0 Å². The molecule has 1 atom stereocenters. The first-order valence-corrected chi connectivity index (χ1v) is 5.11. The molecule has 1 rings (SSSR count). The maximum atomic E-state index is 13.3. The molecule has 3 nitrogen and oxygen atoms in total. The molecule has 0 bridgehead atoms. The van der Waals surface area contributed by atoms with Crippen LogP contribution < -0.4 is 4.74 Å². The zero-order chi connectivity index (χ0) is 12.0. The quantitative estimate of drug-likeness (QED) is 0.721. The summed E-state index contributed by atoms with van der Waals surface area (Å²) in [5, 5.41) is 0. The minimum atomic E-state index is -1.60. The molecule has 0 saturated carbocycles. The van der Waals surface area contributed by atoms with Crippen LogP contribution in [0.15, 0.2) is 24.3 Å². The highest BCUT2D eigenvalue weighted by atomic mass is 19.1. The van der Waals surface area contributed by atoms with E-state index < -0.39 is 12.1 Å². The molecule has 0 radical (unpaired) electrons. The SMILES string of the molecule is CCOC(=O)C(F)Cc1ccc(OC)cc1. The number of benzene rings is 1. The maximum Gasteiger partial charge on any atom is 0.341 e. The zero-order valence-corrected chi connectivity index (χ0v) is 9.40. The first kappa shape index (κ1) is 12.5. The molecule has 1 unspecified atom stereocenters. The summed E-state index contributed by atoms with van der Waals surface area (Å²) in [5.74, 6) is -0.103. The minimum absolute atomic E-state index is 0.0306. The molecule has 0 aromatic heterocycles. The number of halogens is 1. The molecule has 1 aromatic carbocycles. The largest absolute Gasteiger partial charge is 0.497 e. The maximum absolute atomic E-state index is 13.3. The molecule has 0 spiro atoms. The fraction of sp³-hybridized carbons (Fsp3) is 0.417. The Kier molecular flexibility index (Phi) is 4.76. The van der Waals surface area contributed by atoms with E-state index in [-0.39, 0.29) is 13.0 Å². The van der Waals surface area contributed by atoms with E-state index in [9.17, 15) is 9.18 Å². The van der Waals surface area contributed by atoms with Crippen molar-refractivity contribution in [2.75, 3.05) is 13.7 Å². The van der Waals surface area contributed by atoms with E-state index in [0.29, 0.717) is 5.75 Å². The van der Waals surface area contributed by atoms with Crippen LogP contribution in [-0.2, 0) is 16.0 Å². The molecule has 4 heteroatoms. The van der Waals surface area contributed by atoms with E-state index in [4.69, 9.17) is 4.74 Å². The van der Waals surface area contributed by atoms with Crippen LogP contribution >= 0.6 is 0 Å². The van der Waals surface area contributed by atoms with Crippen LogP contribution in [0.2, 0.25) is 0 Å². The molecule has 0 heterocycles. The average Bonchev–Trinajstić information content (AvgIpc) is 2.30. The van der Waals surface area contributed by atoms with Crippen molar-refractivity contribution in [3.63, 3.8) is 0 Å². The van der Waals surface area contributed by atoms with Crippen LogP contribution in [-0.4, -0.2) is 25.9 Å². The highest BCUT2D eigenvalue weighted by Crippen LogP contribution is 2.14. The summed E-state index contributed by atoms with van der Waals surface area (Å²) in [5.41, 5.74) is 0.737. The third-order valence-electron chi connectivity index (χ3n) is 2.12. The van der Waals surface area contributed by atoms with Gasteiger partial charge in [-0.1, -0.05) is 12.1 Å². The fourth-order valence-corrected chi connectivity index (χ4v) is 1.28. The summed E-state index contributed by atoms with van der Waals surface area (Å²) in [4.78, 5) is 11.0. The molecule has 0 fully saturated rings. The van der Waals surface area contributed by atoms with Gasteiger partial charge >= 0.3 is 5.97 Å². The Morgan fingerprint density at radius 2 is 2.00 bits per heavy atom. The molecule has 0 aliphatic rings. The van der Waals surface area contributed by atoms with Crippen molar-refractivity contribution >= 4 is 5.97 Å². The van der Waals surface area contributed by atoms with E-state index >= 15 is 0 Å². The number of carbonyl (C=O) groups excluding carboxylic acids is 1. The Balaban J connectivity index is 2.55. The van der Waals surface area contributed by atoms with Crippen LogP contribution in [0.3, 0.4) is 0 Å². The smallest absolute Gasteiger partial charge is 0.341 e. The van der Waals surface area contributed by atoms with E-state index in [0.717, 1.165) is 5.56 Å². The van der Waals surface area contributed by atoms with Gasteiger partial charge in [-0.2, -0.15) is 0 Å². The van der Waals surface area contributed by atoms with Crippen molar-refractivity contribution in [1.29, 1.82) is 0 Å². The summed E-state index contributed by atoms with van der Waals surface area (Å²) in [6.45, 7) is 1.85. The van der Waals surface area contributed by atoms with E-state index in [1.54, 1.807) is 38.3 Å². The monoisotopic (exact) mass is 226 g/mol. The standard InChI is InChI=1S/C12H15FO3/c1-3-16-12(14)11(13)8-9-4-6-10(15-2)7-5-9/h4-7,11H,3,8H2,1-2H3. The topological polar surface area (TPSA) is 35.5 Å². The van der Waals surface area contributed by atoms with Crippen molar-refractivity contribution in [2.45, 2.75) is 19.5 Å². The van der Waals surface area contributed by atoms with E-state index in [2.05, 4.69) is 4.74 Å². The van der Waals surface area contributed by atoms with Crippen LogP contribution in [0.4, 0.5) is 4.39 Å². The summed E-state index contributed by atoms with van der Waals surface area (Å²) >= 11 is 0. The van der Waals surface area contributed by atoms with Gasteiger partial charge in [0, 0.05) is 6.42 Å². The molecular weight excluding hydrogens is 211 g/mol. The highest BCUT2D eigenvalue weighted by molar-refractivity contribution is 5.74. The molecular formula is C12H15FO3. The van der Waals surface area contributed by atoms with Crippen LogP contribution in [0.5, 0.6) is 5.75 Å². The van der Waals surface area contributed by atoms with Crippen molar-refractivity contribution < 1.29 is 18.7 Å².